The third kappa shape index (κ3) is 4.64. The Morgan fingerprint density at radius 3 is 2.37 bits per heavy atom. The van der Waals surface area contributed by atoms with Crippen molar-refractivity contribution < 1.29 is 13.2 Å². The minimum absolute atomic E-state index is 0.159. The van der Waals surface area contributed by atoms with Crippen LogP contribution >= 0.6 is 0 Å². The molecule has 1 aliphatic heterocycles. The summed E-state index contributed by atoms with van der Waals surface area (Å²) < 4.78 is 38.2. The zero-order valence-electron chi connectivity index (χ0n) is 16.1. The van der Waals surface area contributed by atoms with Gasteiger partial charge < -0.3 is 15.2 Å². The van der Waals surface area contributed by atoms with Crippen LogP contribution in [0.4, 0.5) is 24.7 Å². The van der Waals surface area contributed by atoms with Gasteiger partial charge in [0.2, 0.25) is 5.56 Å². The molecule has 4 rings (SSSR count). The maximum atomic E-state index is 12.7. The lowest BCUT2D eigenvalue weighted by molar-refractivity contribution is -0.137. The number of nitrogens with zero attached hydrogens (tertiary/aromatic N) is 2. The Morgan fingerprint density at radius 1 is 1.00 bits per heavy atom. The number of anilines is 2. The molecule has 30 heavy (non-hydrogen) atoms. The molecule has 2 aromatic heterocycles. The number of pyridine rings is 2. The number of hydrogen-bond donors (Lipinski definition) is 2. The third-order valence-corrected chi connectivity index (χ3v) is 5.24. The first-order valence-corrected chi connectivity index (χ1v) is 9.73. The molecule has 2 N–H and O–H groups in total. The van der Waals surface area contributed by atoms with Crippen molar-refractivity contribution in [2.45, 2.75) is 25.1 Å². The van der Waals surface area contributed by atoms with E-state index in [1.165, 1.54) is 18.2 Å². The van der Waals surface area contributed by atoms with Crippen molar-refractivity contribution >= 4 is 11.5 Å². The van der Waals surface area contributed by atoms with E-state index in [0.717, 1.165) is 60.8 Å². The van der Waals surface area contributed by atoms with Crippen molar-refractivity contribution in [1.82, 2.24) is 9.97 Å². The third-order valence-electron chi connectivity index (χ3n) is 5.24. The van der Waals surface area contributed by atoms with E-state index < -0.39 is 11.7 Å². The van der Waals surface area contributed by atoms with Gasteiger partial charge in [-0.2, -0.15) is 13.2 Å². The van der Waals surface area contributed by atoms with Crippen LogP contribution in [0.3, 0.4) is 0 Å². The van der Waals surface area contributed by atoms with E-state index in [-0.39, 0.29) is 11.6 Å². The van der Waals surface area contributed by atoms with Crippen LogP contribution in [0, 0.1) is 0 Å². The summed E-state index contributed by atoms with van der Waals surface area (Å²) in [5.74, 6) is 0.756. The highest BCUT2D eigenvalue weighted by molar-refractivity contribution is 5.60. The fourth-order valence-corrected chi connectivity index (χ4v) is 3.60. The van der Waals surface area contributed by atoms with Gasteiger partial charge >= 0.3 is 6.18 Å². The summed E-state index contributed by atoms with van der Waals surface area (Å²) in [6.45, 7) is 1.51. The number of nitrogens with one attached hydrogen (secondary N) is 2. The van der Waals surface area contributed by atoms with E-state index in [1.807, 2.05) is 18.2 Å². The lowest BCUT2D eigenvalue weighted by Crippen LogP contribution is -2.39. The van der Waals surface area contributed by atoms with Crippen molar-refractivity contribution in [2.75, 3.05) is 23.3 Å². The molecule has 0 radical (unpaired) electrons. The van der Waals surface area contributed by atoms with E-state index in [0.29, 0.717) is 0 Å². The lowest BCUT2D eigenvalue weighted by atomic mass is 10.0. The minimum Gasteiger partial charge on any atom is -0.371 e. The number of aromatic nitrogens is 2. The molecule has 8 heteroatoms. The zero-order valence-corrected chi connectivity index (χ0v) is 16.1. The molecule has 0 unspecified atom stereocenters. The SMILES string of the molecule is O=c1ccc(-c2cccc(NC3CCN(c4ccc(C(F)(F)F)cc4)CC3)n2)c[nH]1. The van der Waals surface area contributed by atoms with Crippen LogP contribution in [0.5, 0.6) is 0 Å². The second kappa shape index (κ2) is 8.22. The summed E-state index contributed by atoms with van der Waals surface area (Å²) in [6.07, 6.45) is -0.972. The number of hydrogen-bond acceptors (Lipinski definition) is 4. The number of piperidine rings is 1. The number of rotatable bonds is 4. The largest absolute Gasteiger partial charge is 0.416 e. The van der Waals surface area contributed by atoms with Crippen molar-refractivity contribution in [1.29, 1.82) is 0 Å². The summed E-state index contributed by atoms with van der Waals surface area (Å²) >= 11 is 0. The standard InChI is InChI=1S/C22H21F3N4O/c23-22(24,25)16-5-7-18(8-6-16)29-12-10-17(11-13-29)27-20-3-1-2-19(28-20)15-4-9-21(30)26-14-15/h1-9,14,17H,10-13H2,(H,26,30)(H,27,28). The zero-order chi connectivity index (χ0) is 21.1. The molecule has 1 aliphatic rings. The molecule has 0 atom stereocenters. The van der Waals surface area contributed by atoms with Crippen LogP contribution in [0.2, 0.25) is 0 Å². The highest BCUT2D eigenvalue weighted by Gasteiger charge is 2.30. The highest BCUT2D eigenvalue weighted by Crippen LogP contribution is 2.31. The Morgan fingerprint density at radius 2 is 1.73 bits per heavy atom. The van der Waals surface area contributed by atoms with Gasteiger partial charge in [0, 0.05) is 42.6 Å². The Hall–Kier alpha value is -3.29. The second-order valence-corrected chi connectivity index (χ2v) is 7.30. The summed E-state index contributed by atoms with van der Waals surface area (Å²) in [7, 11) is 0. The van der Waals surface area contributed by atoms with Gasteiger partial charge in [0.1, 0.15) is 5.82 Å². The highest BCUT2D eigenvalue weighted by atomic mass is 19.4. The maximum absolute atomic E-state index is 12.7. The first kappa shape index (κ1) is 20.0. The molecule has 0 amide bonds. The van der Waals surface area contributed by atoms with Gasteiger partial charge in [-0.3, -0.25) is 4.79 Å². The quantitative estimate of drug-likeness (QED) is 0.658. The van der Waals surface area contributed by atoms with Gasteiger partial charge in [0.05, 0.1) is 11.3 Å². The normalized spacial score (nSPS) is 15.2. The van der Waals surface area contributed by atoms with E-state index in [1.54, 1.807) is 12.3 Å². The van der Waals surface area contributed by atoms with Gasteiger partial charge in [0.15, 0.2) is 0 Å². The predicted octanol–water partition coefficient (Wildman–Crippen LogP) is 4.54. The van der Waals surface area contributed by atoms with Crippen molar-refractivity contribution in [2.24, 2.45) is 0 Å². The fourth-order valence-electron chi connectivity index (χ4n) is 3.60. The van der Waals surface area contributed by atoms with Gasteiger partial charge in [-0.25, -0.2) is 4.98 Å². The summed E-state index contributed by atoms with van der Waals surface area (Å²) in [6, 6.07) is 14.4. The molecule has 1 aromatic carbocycles. The smallest absolute Gasteiger partial charge is 0.371 e. The lowest BCUT2D eigenvalue weighted by Gasteiger charge is -2.34. The van der Waals surface area contributed by atoms with Gasteiger partial charge in [-0.15, -0.1) is 0 Å². The van der Waals surface area contributed by atoms with Crippen LogP contribution in [-0.2, 0) is 6.18 Å². The maximum Gasteiger partial charge on any atom is 0.416 e. The predicted molar refractivity (Wildman–Crippen MR) is 111 cm³/mol. The molecule has 0 bridgehead atoms. The first-order valence-electron chi connectivity index (χ1n) is 9.73. The van der Waals surface area contributed by atoms with E-state index in [9.17, 15) is 18.0 Å². The van der Waals surface area contributed by atoms with Gasteiger partial charge in [-0.05, 0) is 55.3 Å². The summed E-state index contributed by atoms with van der Waals surface area (Å²) in [4.78, 5) is 20.6. The van der Waals surface area contributed by atoms with E-state index in [4.69, 9.17) is 0 Å². The van der Waals surface area contributed by atoms with E-state index >= 15 is 0 Å². The molecule has 5 nitrogen and oxygen atoms in total. The average Bonchev–Trinajstić information content (AvgIpc) is 2.75. The molecule has 0 aliphatic carbocycles. The van der Waals surface area contributed by atoms with E-state index in [2.05, 4.69) is 20.2 Å². The molecular weight excluding hydrogens is 393 g/mol. The second-order valence-electron chi connectivity index (χ2n) is 7.30. The molecule has 1 fully saturated rings. The van der Waals surface area contributed by atoms with Gasteiger partial charge in [0.25, 0.3) is 0 Å². The van der Waals surface area contributed by atoms with Crippen LogP contribution in [-0.4, -0.2) is 29.1 Å². The fraction of sp³-hybridized carbons (Fsp3) is 0.273. The minimum atomic E-state index is -4.31. The molecule has 3 heterocycles. The number of benzene rings is 1. The van der Waals surface area contributed by atoms with Crippen LogP contribution in [0.25, 0.3) is 11.3 Å². The van der Waals surface area contributed by atoms with Crippen molar-refractivity contribution in [3.8, 4) is 11.3 Å². The van der Waals surface area contributed by atoms with Crippen molar-refractivity contribution in [3.05, 3.63) is 76.7 Å². The molecule has 3 aromatic rings. The molecule has 0 saturated carbocycles. The Labute approximate surface area is 171 Å². The average molecular weight is 414 g/mol. The van der Waals surface area contributed by atoms with Gasteiger partial charge in [-0.1, -0.05) is 6.07 Å². The molecule has 0 spiro atoms. The Bertz CT molecular complexity index is 1030. The molecular formula is C22H21F3N4O. The topological polar surface area (TPSA) is 61.0 Å². The number of aromatic amines is 1. The summed E-state index contributed by atoms with van der Waals surface area (Å²) in [5.41, 5.74) is 1.61. The molecule has 1 saturated heterocycles. The number of H-pyrrole nitrogens is 1. The summed E-state index contributed by atoms with van der Waals surface area (Å²) in [5, 5.41) is 3.44. The van der Waals surface area contributed by atoms with Crippen LogP contribution in [0.1, 0.15) is 18.4 Å². The van der Waals surface area contributed by atoms with Crippen LogP contribution < -0.4 is 15.8 Å². The molecule has 156 valence electrons. The Kier molecular flexibility index (Phi) is 5.48. The number of halogens is 3. The Balaban J connectivity index is 1.36. The van der Waals surface area contributed by atoms with Crippen molar-refractivity contribution in [3.63, 3.8) is 0 Å². The number of alkyl halides is 3. The monoisotopic (exact) mass is 414 g/mol. The van der Waals surface area contributed by atoms with Crippen LogP contribution in [0.15, 0.2) is 65.6 Å². The first-order chi connectivity index (χ1) is 14.4.